The van der Waals surface area contributed by atoms with Gasteiger partial charge in [0.25, 0.3) is 0 Å². The zero-order chi connectivity index (χ0) is 16.1. The zero-order valence-corrected chi connectivity index (χ0v) is 14.5. The zero-order valence-electron chi connectivity index (χ0n) is 12.9. The van der Waals surface area contributed by atoms with Crippen LogP contribution in [0.15, 0.2) is 17.5 Å². The van der Waals surface area contributed by atoms with E-state index in [1.54, 1.807) is 18.3 Å². The van der Waals surface area contributed by atoms with Crippen LogP contribution in [0.4, 0.5) is 5.00 Å². The second kappa shape index (κ2) is 7.56. The van der Waals surface area contributed by atoms with Crippen molar-refractivity contribution in [3.63, 3.8) is 0 Å². The second-order valence-electron chi connectivity index (χ2n) is 4.84. The minimum atomic E-state index is -0.377. The van der Waals surface area contributed by atoms with Crippen LogP contribution in [0.1, 0.15) is 39.0 Å². The van der Waals surface area contributed by atoms with E-state index in [9.17, 15) is 9.59 Å². The van der Waals surface area contributed by atoms with Gasteiger partial charge in [-0.2, -0.15) is 0 Å². The third-order valence-corrected chi connectivity index (χ3v) is 5.36. The lowest BCUT2D eigenvalue weighted by molar-refractivity contribution is -0.116. The summed E-state index contributed by atoms with van der Waals surface area (Å²) < 4.78 is 5.08. The normalized spacial score (nSPS) is 10.5. The molecule has 2 rings (SSSR count). The van der Waals surface area contributed by atoms with Gasteiger partial charge in [-0.3, -0.25) is 4.79 Å². The fourth-order valence-corrected chi connectivity index (χ4v) is 3.82. The standard InChI is InChI=1S/C16H19NO3S2/c1-4-20-16(19)14-10(2)11(3)22-15(14)17-13(18)8-7-12-6-5-9-21-12/h5-6,9H,4,7-8H2,1-3H3,(H,17,18). The first-order chi connectivity index (χ1) is 10.5. The number of hydrogen-bond donors (Lipinski definition) is 1. The summed E-state index contributed by atoms with van der Waals surface area (Å²) in [4.78, 5) is 26.4. The lowest BCUT2D eigenvalue weighted by Gasteiger charge is -2.07. The molecule has 0 radical (unpaired) electrons. The number of anilines is 1. The monoisotopic (exact) mass is 337 g/mol. The predicted octanol–water partition coefficient (Wildman–Crippen LogP) is 4.17. The molecule has 0 aliphatic heterocycles. The van der Waals surface area contributed by atoms with Gasteiger partial charge in [-0.05, 0) is 44.2 Å². The van der Waals surface area contributed by atoms with Crippen molar-refractivity contribution in [2.24, 2.45) is 0 Å². The molecule has 2 aromatic heterocycles. The summed E-state index contributed by atoms with van der Waals surface area (Å²) >= 11 is 3.06. The van der Waals surface area contributed by atoms with Gasteiger partial charge >= 0.3 is 5.97 Å². The highest BCUT2D eigenvalue weighted by atomic mass is 32.1. The van der Waals surface area contributed by atoms with Gasteiger partial charge in [-0.15, -0.1) is 22.7 Å². The average molecular weight is 337 g/mol. The first-order valence-electron chi connectivity index (χ1n) is 7.12. The molecule has 1 amide bonds. The van der Waals surface area contributed by atoms with Crippen LogP contribution in [0.25, 0.3) is 0 Å². The lowest BCUT2D eigenvalue weighted by atomic mass is 10.1. The van der Waals surface area contributed by atoms with Crippen molar-refractivity contribution < 1.29 is 14.3 Å². The Balaban J connectivity index is 2.06. The lowest BCUT2D eigenvalue weighted by Crippen LogP contribution is -2.15. The molecule has 0 atom stereocenters. The molecule has 0 saturated carbocycles. The summed E-state index contributed by atoms with van der Waals surface area (Å²) in [6.45, 7) is 5.90. The number of nitrogens with one attached hydrogen (secondary N) is 1. The highest BCUT2D eigenvalue weighted by molar-refractivity contribution is 7.16. The van der Waals surface area contributed by atoms with Gasteiger partial charge in [0.2, 0.25) is 5.91 Å². The summed E-state index contributed by atoms with van der Waals surface area (Å²) in [5.74, 6) is -0.460. The van der Waals surface area contributed by atoms with E-state index < -0.39 is 0 Å². The topological polar surface area (TPSA) is 55.4 Å². The number of aryl methyl sites for hydroxylation is 2. The summed E-state index contributed by atoms with van der Waals surface area (Å²) in [6.07, 6.45) is 1.11. The molecule has 0 unspecified atom stereocenters. The van der Waals surface area contributed by atoms with Gasteiger partial charge < -0.3 is 10.1 Å². The Morgan fingerprint density at radius 1 is 1.32 bits per heavy atom. The van der Waals surface area contributed by atoms with E-state index in [2.05, 4.69) is 5.32 Å². The number of carbonyl (C=O) groups is 2. The molecule has 118 valence electrons. The van der Waals surface area contributed by atoms with Crippen molar-refractivity contribution in [2.75, 3.05) is 11.9 Å². The maximum Gasteiger partial charge on any atom is 0.341 e. The molecule has 0 saturated heterocycles. The Bertz CT molecular complexity index is 659. The molecule has 6 heteroatoms. The van der Waals surface area contributed by atoms with Crippen molar-refractivity contribution in [1.82, 2.24) is 0 Å². The molecule has 0 aliphatic rings. The van der Waals surface area contributed by atoms with Crippen molar-refractivity contribution >= 4 is 39.6 Å². The molecule has 0 bridgehead atoms. The van der Waals surface area contributed by atoms with E-state index in [-0.39, 0.29) is 11.9 Å². The fraction of sp³-hybridized carbons (Fsp3) is 0.375. The van der Waals surface area contributed by atoms with E-state index in [1.807, 2.05) is 31.4 Å². The van der Waals surface area contributed by atoms with Crippen molar-refractivity contribution in [2.45, 2.75) is 33.6 Å². The molecule has 4 nitrogen and oxygen atoms in total. The van der Waals surface area contributed by atoms with Gasteiger partial charge in [-0.25, -0.2) is 4.79 Å². The third kappa shape index (κ3) is 3.96. The van der Waals surface area contributed by atoms with Crippen LogP contribution in [-0.4, -0.2) is 18.5 Å². The maximum atomic E-state index is 12.1. The maximum absolute atomic E-state index is 12.1. The third-order valence-electron chi connectivity index (χ3n) is 3.30. The van der Waals surface area contributed by atoms with Gasteiger partial charge in [-0.1, -0.05) is 6.07 Å². The number of thiophene rings is 2. The van der Waals surface area contributed by atoms with Crippen LogP contribution in [0.3, 0.4) is 0 Å². The van der Waals surface area contributed by atoms with Gasteiger partial charge in [0.15, 0.2) is 0 Å². The summed E-state index contributed by atoms with van der Waals surface area (Å²) in [5.41, 5.74) is 1.35. The summed E-state index contributed by atoms with van der Waals surface area (Å²) in [7, 11) is 0. The molecule has 2 heterocycles. The smallest absolute Gasteiger partial charge is 0.341 e. The molecule has 0 aliphatic carbocycles. The van der Waals surface area contributed by atoms with Gasteiger partial charge in [0, 0.05) is 16.2 Å². The van der Waals surface area contributed by atoms with Crippen LogP contribution >= 0.6 is 22.7 Å². The van der Waals surface area contributed by atoms with Crippen LogP contribution in [0, 0.1) is 13.8 Å². The fourth-order valence-electron chi connectivity index (χ4n) is 2.04. The predicted molar refractivity (Wildman–Crippen MR) is 91.0 cm³/mol. The second-order valence-corrected chi connectivity index (χ2v) is 7.09. The molecule has 22 heavy (non-hydrogen) atoms. The highest BCUT2D eigenvalue weighted by Crippen LogP contribution is 2.33. The van der Waals surface area contributed by atoms with E-state index in [4.69, 9.17) is 4.74 Å². The number of esters is 1. The molecule has 1 N–H and O–H groups in total. The van der Waals surface area contributed by atoms with Crippen molar-refractivity contribution in [3.05, 3.63) is 38.4 Å². The van der Waals surface area contributed by atoms with E-state index >= 15 is 0 Å². The average Bonchev–Trinajstić information content (AvgIpc) is 3.06. The van der Waals surface area contributed by atoms with Crippen LogP contribution in [0.2, 0.25) is 0 Å². The van der Waals surface area contributed by atoms with Crippen LogP contribution in [0.5, 0.6) is 0 Å². The van der Waals surface area contributed by atoms with Gasteiger partial charge in [0.1, 0.15) is 5.00 Å². The largest absolute Gasteiger partial charge is 0.462 e. The molecular weight excluding hydrogens is 318 g/mol. The molecule has 0 fully saturated rings. The minimum Gasteiger partial charge on any atom is -0.462 e. The number of ether oxygens (including phenoxy) is 1. The Morgan fingerprint density at radius 2 is 2.09 bits per heavy atom. The Morgan fingerprint density at radius 3 is 2.73 bits per heavy atom. The first-order valence-corrected chi connectivity index (χ1v) is 8.81. The number of rotatable bonds is 6. The number of hydrogen-bond acceptors (Lipinski definition) is 5. The molecular formula is C16H19NO3S2. The SMILES string of the molecule is CCOC(=O)c1c(NC(=O)CCc2cccs2)sc(C)c1C. The van der Waals surface area contributed by atoms with E-state index in [1.165, 1.54) is 16.2 Å². The molecule has 0 spiro atoms. The Kier molecular flexibility index (Phi) is 5.74. The highest BCUT2D eigenvalue weighted by Gasteiger charge is 2.21. The van der Waals surface area contributed by atoms with Crippen LogP contribution < -0.4 is 5.32 Å². The van der Waals surface area contributed by atoms with Crippen molar-refractivity contribution in [1.29, 1.82) is 0 Å². The molecule has 2 aromatic rings. The Labute approximate surface area is 138 Å². The first kappa shape index (κ1) is 16.7. The van der Waals surface area contributed by atoms with E-state index in [0.717, 1.165) is 10.4 Å². The quantitative estimate of drug-likeness (QED) is 0.805. The number of amides is 1. The summed E-state index contributed by atoms with van der Waals surface area (Å²) in [5, 5.41) is 5.44. The molecule has 0 aromatic carbocycles. The van der Waals surface area contributed by atoms with E-state index in [0.29, 0.717) is 30.0 Å². The Hall–Kier alpha value is -1.66. The minimum absolute atomic E-state index is 0.0831. The summed E-state index contributed by atoms with van der Waals surface area (Å²) in [6, 6.07) is 3.99. The van der Waals surface area contributed by atoms with Crippen LogP contribution in [-0.2, 0) is 16.0 Å². The van der Waals surface area contributed by atoms with Crippen molar-refractivity contribution in [3.8, 4) is 0 Å². The van der Waals surface area contributed by atoms with Gasteiger partial charge in [0.05, 0.1) is 12.2 Å². The number of carbonyl (C=O) groups excluding carboxylic acids is 2.